The fourth-order valence-corrected chi connectivity index (χ4v) is 2.77. The van der Waals surface area contributed by atoms with Gasteiger partial charge < -0.3 is 10.6 Å². The highest BCUT2D eigenvalue weighted by atomic mass is 32.1. The lowest BCUT2D eigenvalue weighted by atomic mass is 9.95. The van der Waals surface area contributed by atoms with E-state index in [1.165, 1.54) is 11.3 Å². The van der Waals surface area contributed by atoms with Crippen molar-refractivity contribution in [2.45, 2.75) is 19.4 Å². The summed E-state index contributed by atoms with van der Waals surface area (Å²) in [5.41, 5.74) is 0. The van der Waals surface area contributed by atoms with Crippen molar-refractivity contribution in [1.29, 1.82) is 0 Å². The molecule has 2 unspecified atom stereocenters. The smallest absolute Gasteiger partial charge is 0.0453 e. The number of hydrogen-bond acceptors (Lipinski definition) is 3. The SMILES string of the molecule is CCC(CNC)C(NC)c1cccs1. The molecule has 2 N–H and O–H groups in total. The zero-order chi connectivity index (χ0) is 10.4. The third kappa shape index (κ3) is 2.80. The van der Waals surface area contributed by atoms with Crippen LogP contribution in [0.25, 0.3) is 0 Å². The Morgan fingerprint density at radius 2 is 2.21 bits per heavy atom. The summed E-state index contributed by atoms with van der Waals surface area (Å²) in [4.78, 5) is 1.44. The number of rotatable bonds is 6. The summed E-state index contributed by atoms with van der Waals surface area (Å²) in [5, 5.41) is 8.82. The van der Waals surface area contributed by atoms with E-state index >= 15 is 0 Å². The second kappa shape index (κ2) is 6.17. The largest absolute Gasteiger partial charge is 0.319 e. The Morgan fingerprint density at radius 1 is 1.43 bits per heavy atom. The van der Waals surface area contributed by atoms with E-state index in [4.69, 9.17) is 0 Å². The predicted octanol–water partition coefficient (Wildman–Crippen LogP) is 2.25. The molecule has 1 heterocycles. The van der Waals surface area contributed by atoms with Gasteiger partial charge in [0.05, 0.1) is 0 Å². The molecule has 0 fully saturated rings. The van der Waals surface area contributed by atoms with Gasteiger partial charge in [0.2, 0.25) is 0 Å². The summed E-state index contributed by atoms with van der Waals surface area (Å²) in [6, 6.07) is 4.83. The Kier molecular flexibility index (Phi) is 5.15. The Labute approximate surface area is 90.7 Å². The van der Waals surface area contributed by atoms with Crippen molar-refractivity contribution in [3.63, 3.8) is 0 Å². The molecule has 0 aliphatic heterocycles. The van der Waals surface area contributed by atoms with Gasteiger partial charge >= 0.3 is 0 Å². The summed E-state index contributed by atoms with van der Waals surface area (Å²) in [6.07, 6.45) is 1.20. The molecule has 0 aromatic carbocycles. The maximum absolute atomic E-state index is 3.41. The minimum atomic E-state index is 0.493. The van der Waals surface area contributed by atoms with Crippen LogP contribution < -0.4 is 10.6 Å². The highest BCUT2D eigenvalue weighted by Crippen LogP contribution is 2.27. The first-order chi connectivity index (χ1) is 6.83. The van der Waals surface area contributed by atoms with Gasteiger partial charge in [-0.2, -0.15) is 0 Å². The highest BCUT2D eigenvalue weighted by Gasteiger charge is 2.19. The number of nitrogens with one attached hydrogen (secondary N) is 2. The molecule has 2 nitrogen and oxygen atoms in total. The van der Waals surface area contributed by atoms with Crippen molar-refractivity contribution in [2.75, 3.05) is 20.6 Å². The van der Waals surface area contributed by atoms with Gasteiger partial charge in [-0.25, -0.2) is 0 Å². The monoisotopic (exact) mass is 212 g/mol. The van der Waals surface area contributed by atoms with Gasteiger partial charge in [0, 0.05) is 10.9 Å². The molecule has 3 heteroatoms. The van der Waals surface area contributed by atoms with Crippen molar-refractivity contribution in [2.24, 2.45) is 5.92 Å². The molecular formula is C11H20N2S. The first kappa shape index (κ1) is 11.7. The van der Waals surface area contributed by atoms with Crippen molar-refractivity contribution in [1.82, 2.24) is 10.6 Å². The van der Waals surface area contributed by atoms with E-state index in [1.807, 2.05) is 25.4 Å². The topological polar surface area (TPSA) is 24.1 Å². The molecule has 1 rings (SSSR count). The molecule has 0 spiro atoms. The average Bonchev–Trinajstić information content (AvgIpc) is 2.71. The van der Waals surface area contributed by atoms with Gasteiger partial charge in [-0.05, 0) is 38.0 Å². The Hall–Kier alpha value is -0.380. The van der Waals surface area contributed by atoms with Gasteiger partial charge in [-0.1, -0.05) is 19.4 Å². The summed E-state index contributed by atoms with van der Waals surface area (Å²) < 4.78 is 0. The van der Waals surface area contributed by atoms with Crippen LogP contribution in [0.5, 0.6) is 0 Å². The Balaban J connectivity index is 2.68. The van der Waals surface area contributed by atoms with Crippen LogP contribution in [-0.2, 0) is 0 Å². The molecule has 2 atom stereocenters. The number of hydrogen-bond donors (Lipinski definition) is 2. The summed E-state index contributed by atoms with van der Waals surface area (Å²) in [6.45, 7) is 3.32. The number of thiophene rings is 1. The van der Waals surface area contributed by atoms with E-state index in [1.54, 1.807) is 0 Å². The van der Waals surface area contributed by atoms with Gasteiger partial charge in [0.1, 0.15) is 0 Å². The molecular weight excluding hydrogens is 192 g/mol. The first-order valence-electron chi connectivity index (χ1n) is 5.18. The molecule has 14 heavy (non-hydrogen) atoms. The molecule has 1 aromatic heterocycles. The third-order valence-electron chi connectivity index (χ3n) is 2.62. The normalized spacial score (nSPS) is 15.4. The van der Waals surface area contributed by atoms with Gasteiger partial charge in [0.15, 0.2) is 0 Å². The molecule has 80 valence electrons. The molecule has 0 saturated carbocycles. The zero-order valence-electron chi connectivity index (χ0n) is 9.21. The minimum Gasteiger partial charge on any atom is -0.319 e. The van der Waals surface area contributed by atoms with Gasteiger partial charge in [0.25, 0.3) is 0 Å². The van der Waals surface area contributed by atoms with E-state index in [9.17, 15) is 0 Å². The molecule has 1 aromatic rings. The lowest BCUT2D eigenvalue weighted by Gasteiger charge is -2.24. The van der Waals surface area contributed by atoms with E-state index in [0.717, 1.165) is 6.54 Å². The lowest BCUT2D eigenvalue weighted by Crippen LogP contribution is -2.31. The van der Waals surface area contributed by atoms with Crippen molar-refractivity contribution in [3.8, 4) is 0 Å². The van der Waals surface area contributed by atoms with Gasteiger partial charge in [-0.15, -0.1) is 11.3 Å². The van der Waals surface area contributed by atoms with Crippen molar-refractivity contribution >= 4 is 11.3 Å². The van der Waals surface area contributed by atoms with Crippen molar-refractivity contribution < 1.29 is 0 Å². The van der Waals surface area contributed by atoms with Crippen LogP contribution >= 0.6 is 11.3 Å². The molecule has 0 aliphatic rings. The fraction of sp³-hybridized carbons (Fsp3) is 0.636. The zero-order valence-corrected chi connectivity index (χ0v) is 10.0. The second-order valence-electron chi connectivity index (χ2n) is 3.51. The van der Waals surface area contributed by atoms with E-state index in [0.29, 0.717) is 12.0 Å². The lowest BCUT2D eigenvalue weighted by molar-refractivity contribution is 0.364. The summed E-state index contributed by atoms with van der Waals surface area (Å²) >= 11 is 1.83. The quantitative estimate of drug-likeness (QED) is 0.756. The highest BCUT2D eigenvalue weighted by molar-refractivity contribution is 7.10. The maximum atomic E-state index is 3.41. The standard InChI is InChI=1S/C11H20N2S/c1-4-9(8-12-2)11(13-3)10-6-5-7-14-10/h5-7,9,11-13H,4,8H2,1-3H3. The van der Waals surface area contributed by atoms with Crippen LogP contribution in [0.4, 0.5) is 0 Å². The predicted molar refractivity (Wildman–Crippen MR) is 63.8 cm³/mol. The van der Waals surface area contributed by atoms with Crippen molar-refractivity contribution in [3.05, 3.63) is 22.4 Å². The van der Waals surface area contributed by atoms with E-state index in [2.05, 4.69) is 35.1 Å². The minimum absolute atomic E-state index is 0.493. The molecule has 0 radical (unpaired) electrons. The maximum Gasteiger partial charge on any atom is 0.0453 e. The Morgan fingerprint density at radius 3 is 2.64 bits per heavy atom. The third-order valence-corrected chi connectivity index (χ3v) is 3.58. The second-order valence-corrected chi connectivity index (χ2v) is 4.49. The molecule has 0 bridgehead atoms. The Bertz CT molecular complexity index is 233. The van der Waals surface area contributed by atoms with Gasteiger partial charge in [-0.3, -0.25) is 0 Å². The van der Waals surface area contributed by atoms with Crippen LogP contribution in [0.1, 0.15) is 24.3 Å². The van der Waals surface area contributed by atoms with E-state index < -0.39 is 0 Å². The fourth-order valence-electron chi connectivity index (χ4n) is 1.84. The van der Waals surface area contributed by atoms with Crippen LogP contribution in [0.3, 0.4) is 0 Å². The molecule has 0 saturated heterocycles. The van der Waals surface area contributed by atoms with Crippen LogP contribution in [-0.4, -0.2) is 20.6 Å². The summed E-state index contributed by atoms with van der Waals surface area (Å²) in [5.74, 6) is 0.670. The van der Waals surface area contributed by atoms with E-state index in [-0.39, 0.29) is 0 Å². The van der Waals surface area contributed by atoms with Crippen LogP contribution in [0.2, 0.25) is 0 Å². The average molecular weight is 212 g/mol. The summed E-state index contributed by atoms with van der Waals surface area (Å²) in [7, 11) is 4.06. The van der Waals surface area contributed by atoms with Crippen LogP contribution in [0.15, 0.2) is 17.5 Å². The molecule has 0 amide bonds. The first-order valence-corrected chi connectivity index (χ1v) is 6.06. The molecule has 0 aliphatic carbocycles. The van der Waals surface area contributed by atoms with Crippen LogP contribution in [0, 0.1) is 5.92 Å².